The summed E-state index contributed by atoms with van der Waals surface area (Å²) in [5.74, 6) is -3.23. The number of likely N-dealkylation sites (N-methyl/N-ethyl adjacent to an activating group) is 1. The number of ether oxygens (including phenoxy) is 1. The van der Waals surface area contributed by atoms with Crippen LogP contribution in [-0.2, 0) is 46.3 Å². The second-order valence-electron chi connectivity index (χ2n) is 17.2. The van der Waals surface area contributed by atoms with Crippen LogP contribution in [0, 0.1) is 0 Å². The van der Waals surface area contributed by atoms with Crippen LogP contribution in [0.3, 0.4) is 0 Å². The number of rotatable bonds is 18. The van der Waals surface area contributed by atoms with Crippen LogP contribution in [0.15, 0.2) is 65.8 Å². The molecule has 19 heteroatoms. The summed E-state index contributed by atoms with van der Waals surface area (Å²) in [6, 6.07) is 10.5. The molecule has 0 spiro atoms. The summed E-state index contributed by atoms with van der Waals surface area (Å²) in [5, 5.41) is 14.4. The number of nitrogens with two attached hydrogens (primary N) is 2. The Kier molecular flexibility index (Phi) is 16.7. The Morgan fingerprint density at radius 3 is 2.12 bits per heavy atom. The van der Waals surface area contributed by atoms with Gasteiger partial charge >= 0.3 is 6.09 Å². The Labute approximate surface area is 373 Å². The number of nitrogens with zero attached hydrogens (tertiary/aromatic N) is 3. The zero-order valence-electron chi connectivity index (χ0n) is 37.3. The molecule has 64 heavy (non-hydrogen) atoms. The number of benzene rings is 2. The molecule has 7 amide bonds. The highest BCUT2D eigenvalue weighted by Gasteiger charge is 2.44. The van der Waals surface area contributed by atoms with Crippen LogP contribution in [0.5, 0.6) is 0 Å². The molecule has 6 atom stereocenters. The number of alkyl carbamates (subject to hydrolysis) is 1. The van der Waals surface area contributed by atoms with Crippen molar-refractivity contribution in [3.63, 3.8) is 0 Å². The van der Waals surface area contributed by atoms with Crippen LogP contribution in [0.25, 0.3) is 10.9 Å². The molecule has 19 nitrogen and oxygen atoms in total. The maximum Gasteiger partial charge on any atom is 0.408 e. The number of guanidine groups is 1. The maximum atomic E-state index is 14.7. The van der Waals surface area contributed by atoms with Gasteiger partial charge in [0.15, 0.2) is 5.96 Å². The molecule has 10 N–H and O–H groups in total. The molecular weight excluding hydrogens is 823 g/mol. The van der Waals surface area contributed by atoms with E-state index in [4.69, 9.17) is 16.2 Å². The first-order chi connectivity index (χ1) is 30.4. The molecule has 2 fully saturated rings. The first-order valence-corrected chi connectivity index (χ1v) is 21.8. The van der Waals surface area contributed by atoms with Gasteiger partial charge in [0.2, 0.25) is 35.4 Å². The third kappa shape index (κ3) is 13.2. The molecule has 3 aromatic rings. The SMILES string of the molecule is CNC(=O)[C@@H]1CCCN1C(=O)[C@H]1CCCN1C(=O)[C@H](Cc1ccccc1)NC(=O)[C@@H](Cc1c[nH]c2ccccc12)NC(=O)[C@H](C)NC(=O)[C@H](CCCN=C(N)N)NC(=O)OC(C)(C)C. The molecule has 0 unspecified atom stereocenters. The number of fused-ring (bicyclic) bond motifs is 1. The number of aliphatic imine (C=N–C) groups is 1. The number of hydrogen-bond acceptors (Lipinski definition) is 9. The van der Waals surface area contributed by atoms with Crippen molar-refractivity contribution in [1.29, 1.82) is 0 Å². The minimum Gasteiger partial charge on any atom is -0.444 e. The lowest BCUT2D eigenvalue weighted by Crippen LogP contribution is -2.60. The van der Waals surface area contributed by atoms with Crippen molar-refractivity contribution in [2.75, 3.05) is 26.7 Å². The van der Waals surface area contributed by atoms with Gasteiger partial charge in [-0.25, -0.2) is 4.79 Å². The molecular formula is C45H63N11O8. The third-order valence-electron chi connectivity index (χ3n) is 11.2. The van der Waals surface area contributed by atoms with E-state index in [1.54, 1.807) is 31.9 Å². The first-order valence-electron chi connectivity index (χ1n) is 21.8. The molecule has 5 rings (SSSR count). The lowest BCUT2D eigenvalue weighted by Gasteiger charge is -2.33. The number of nitrogens with one attached hydrogen (secondary N) is 6. The smallest absolute Gasteiger partial charge is 0.408 e. The molecule has 2 aliphatic rings. The fraction of sp³-hybridized carbons (Fsp3) is 0.511. The van der Waals surface area contributed by atoms with Crippen molar-refractivity contribution in [3.8, 4) is 0 Å². The molecule has 2 aliphatic heterocycles. The van der Waals surface area contributed by atoms with Gasteiger partial charge in [-0.2, -0.15) is 0 Å². The van der Waals surface area contributed by atoms with E-state index in [0.717, 1.165) is 16.5 Å². The van der Waals surface area contributed by atoms with Gasteiger partial charge < -0.3 is 57.6 Å². The molecule has 2 saturated heterocycles. The van der Waals surface area contributed by atoms with Crippen molar-refractivity contribution < 1.29 is 38.3 Å². The second-order valence-corrected chi connectivity index (χ2v) is 17.2. The third-order valence-corrected chi connectivity index (χ3v) is 11.2. The van der Waals surface area contributed by atoms with E-state index in [1.807, 2.05) is 54.6 Å². The minimum atomic E-state index is -1.25. The second kappa shape index (κ2) is 22.1. The monoisotopic (exact) mass is 885 g/mol. The molecule has 1 aromatic heterocycles. The van der Waals surface area contributed by atoms with Gasteiger partial charge in [0.25, 0.3) is 0 Å². The van der Waals surface area contributed by atoms with E-state index in [1.165, 1.54) is 18.9 Å². The van der Waals surface area contributed by atoms with Crippen molar-refractivity contribution in [2.45, 2.75) is 121 Å². The van der Waals surface area contributed by atoms with Gasteiger partial charge in [-0.3, -0.25) is 33.8 Å². The number of likely N-dealkylation sites (tertiary alicyclic amines) is 2. The van der Waals surface area contributed by atoms with Gasteiger partial charge in [-0.15, -0.1) is 0 Å². The molecule has 0 aliphatic carbocycles. The molecule has 2 aromatic carbocycles. The highest BCUT2D eigenvalue weighted by Crippen LogP contribution is 2.26. The maximum absolute atomic E-state index is 14.7. The highest BCUT2D eigenvalue weighted by molar-refractivity contribution is 5.98. The fourth-order valence-electron chi connectivity index (χ4n) is 8.10. The summed E-state index contributed by atoms with van der Waals surface area (Å²) in [4.78, 5) is 107. The fourth-order valence-corrected chi connectivity index (χ4v) is 8.10. The lowest BCUT2D eigenvalue weighted by molar-refractivity contribution is -0.148. The van der Waals surface area contributed by atoms with Crippen LogP contribution in [0.4, 0.5) is 4.79 Å². The average molecular weight is 886 g/mol. The average Bonchev–Trinajstić information content (AvgIpc) is 4.04. The number of carbonyl (C=O) groups excluding carboxylic acids is 7. The van der Waals surface area contributed by atoms with Crippen LogP contribution >= 0.6 is 0 Å². The van der Waals surface area contributed by atoms with Gasteiger partial charge in [0, 0.05) is 56.6 Å². The topological polar surface area (TPSA) is 276 Å². The van der Waals surface area contributed by atoms with E-state index in [0.29, 0.717) is 44.2 Å². The van der Waals surface area contributed by atoms with Gasteiger partial charge in [-0.05, 0) is 83.4 Å². The van der Waals surface area contributed by atoms with E-state index < -0.39 is 71.6 Å². The van der Waals surface area contributed by atoms with Gasteiger partial charge in [0.05, 0.1) is 0 Å². The summed E-state index contributed by atoms with van der Waals surface area (Å²) in [5.41, 5.74) is 12.3. The standard InChI is InChI=1S/C45H63N11O8/c1-27(51-38(58)32(18-11-21-49-43(46)47)54-44(63)64-45(2,3)4)37(57)52-33(25-29-26-50-31-17-10-9-16-30(29)31)39(59)53-34(24-28-14-7-6-8-15-28)41(61)56-23-13-20-36(56)42(62)55-22-12-19-35(55)40(60)48-5/h6-10,14-17,26-27,32-36,50H,11-13,18-25H2,1-5H3,(H,48,60)(H,51,58)(H,52,57)(H,53,59)(H,54,63)(H4,46,47,49)/t27-,32-,33+,34-,35-,36+/m0/s1. The Hall–Kier alpha value is -6.66. The zero-order chi connectivity index (χ0) is 46.6. The van der Waals surface area contributed by atoms with E-state index in [-0.39, 0.29) is 50.1 Å². The number of aromatic nitrogens is 1. The Morgan fingerprint density at radius 1 is 0.797 bits per heavy atom. The number of para-hydroxylation sites is 1. The molecule has 346 valence electrons. The Bertz CT molecular complexity index is 2170. The predicted octanol–water partition coefficient (Wildman–Crippen LogP) is 1.10. The molecule has 3 heterocycles. The van der Waals surface area contributed by atoms with Crippen molar-refractivity contribution >= 4 is 58.4 Å². The zero-order valence-corrected chi connectivity index (χ0v) is 37.3. The van der Waals surface area contributed by atoms with E-state index >= 15 is 0 Å². The summed E-state index contributed by atoms with van der Waals surface area (Å²) in [7, 11) is 1.53. The first kappa shape index (κ1) is 48.4. The van der Waals surface area contributed by atoms with E-state index in [2.05, 4.69) is 36.6 Å². The number of amides is 7. The quantitative estimate of drug-likeness (QED) is 0.0512. The summed E-state index contributed by atoms with van der Waals surface area (Å²) in [6.07, 6.45) is 3.55. The number of H-pyrrole nitrogens is 1. The van der Waals surface area contributed by atoms with Gasteiger partial charge in [-0.1, -0.05) is 48.5 Å². The Morgan fingerprint density at radius 2 is 1.44 bits per heavy atom. The minimum absolute atomic E-state index is 0.00276. The predicted molar refractivity (Wildman–Crippen MR) is 240 cm³/mol. The van der Waals surface area contributed by atoms with Crippen LogP contribution in [-0.4, -0.2) is 131 Å². The van der Waals surface area contributed by atoms with E-state index in [9.17, 15) is 33.6 Å². The molecule has 0 saturated carbocycles. The largest absolute Gasteiger partial charge is 0.444 e. The van der Waals surface area contributed by atoms with Crippen molar-refractivity contribution in [1.82, 2.24) is 41.4 Å². The summed E-state index contributed by atoms with van der Waals surface area (Å²) in [6.45, 7) is 7.34. The summed E-state index contributed by atoms with van der Waals surface area (Å²) < 4.78 is 5.37. The lowest BCUT2D eigenvalue weighted by atomic mass is 10.0. The van der Waals surface area contributed by atoms with Crippen LogP contribution in [0.2, 0.25) is 0 Å². The highest BCUT2D eigenvalue weighted by atomic mass is 16.6. The summed E-state index contributed by atoms with van der Waals surface area (Å²) >= 11 is 0. The number of hydrogen-bond donors (Lipinski definition) is 8. The van der Waals surface area contributed by atoms with Gasteiger partial charge in [0.1, 0.15) is 41.9 Å². The van der Waals surface area contributed by atoms with Crippen molar-refractivity contribution in [2.24, 2.45) is 16.5 Å². The van der Waals surface area contributed by atoms with Crippen LogP contribution in [0.1, 0.15) is 77.3 Å². The van der Waals surface area contributed by atoms with Crippen LogP contribution < -0.4 is 38.1 Å². The van der Waals surface area contributed by atoms with Crippen molar-refractivity contribution in [3.05, 3.63) is 71.9 Å². The molecule has 0 bridgehead atoms. The Balaban J connectivity index is 1.38. The normalized spacial score (nSPS) is 18.0. The molecule has 0 radical (unpaired) electrons. The number of aromatic amines is 1. The number of carbonyl (C=O) groups is 7.